The summed E-state index contributed by atoms with van der Waals surface area (Å²) in [5.74, 6) is 1.55. The summed E-state index contributed by atoms with van der Waals surface area (Å²) >= 11 is 0. The number of aromatic amines is 1. The topological polar surface area (TPSA) is 106 Å². The summed E-state index contributed by atoms with van der Waals surface area (Å²) in [6, 6.07) is 14.9. The first kappa shape index (κ1) is 23.7. The Bertz CT molecular complexity index is 1380. The highest BCUT2D eigenvalue weighted by atomic mass is 16.5. The number of hydrogen-bond donors (Lipinski definition) is 1. The molecule has 9 heteroatoms. The van der Waals surface area contributed by atoms with E-state index in [1.54, 1.807) is 18.9 Å². The van der Waals surface area contributed by atoms with Gasteiger partial charge in [0.05, 0.1) is 18.3 Å². The molecule has 186 valence electrons. The van der Waals surface area contributed by atoms with Crippen molar-refractivity contribution in [3.63, 3.8) is 0 Å². The second-order valence-corrected chi connectivity index (χ2v) is 9.76. The van der Waals surface area contributed by atoms with Crippen molar-refractivity contribution in [2.45, 2.75) is 39.2 Å². The van der Waals surface area contributed by atoms with Crippen LogP contribution in [-0.4, -0.2) is 46.6 Å². The van der Waals surface area contributed by atoms with Crippen LogP contribution < -0.4 is 9.64 Å². The third kappa shape index (κ3) is 4.15. The highest BCUT2D eigenvalue weighted by Gasteiger charge is 2.45. The summed E-state index contributed by atoms with van der Waals surface area (Å²) < 4.78 is 16.6. The molecule has 1 amide bonds. The molecule has 5 rings (SSSR count). The van der Waals surface area contributed by atoms with Crippen molar-refractivity contribution < 1.29 is 18.8 Å². The van der Waals surface area contributed by atoms with Crippen LogP contribution in [-0.2, 0) is 10.2 Å². The van der Waals surface area contributed by atoms with Crippen molar-refractivity contribution in [2.24, 2.45) is 0 Å². The fraction of sp³-hybridized carbons (Fsp3) is 0.333. The molecule has 0 saturated heterocycles. The number of benzene rings is 2. The van der Waals surface area contributed by atoms with Crippen molar-refractivity contribution in [2.75, 3.05) is 25.2 Å². The number of hydrogen-bond acceptors (Lipinski definition) is 7. The normalized spacial score (nSPS) is 15.4. The Kier molecular flexibility index (Phi) is 6.09. The van der Waals surface area contributed by atoms with E-state index in [9.17, 15) is 4.79 Å². The molecule has 0 saturated carbocycles. The quantitative estimate of drug-likeness (QED) is 0.372. The van der Waals surface area contributed by atoms with Crippen molar-refractivity contribution >= 4 is 11.6 Å². The van der Waals surface area contributed by atoms with Crippen molar-refractivity contribution in [1.82, 2.24) is 20.3 Å². The van der Waals surface area contributed by atoms with Crippen molar-refractivity contribution in [1.29, 1.82) is 0 Å². The molecule has 1 aliphatic rings. The number of carbonyl (C=O) groups excluding carboxylic acids is 1. The number of anilines is 1. The monoisotopic (exact) mass is 487 g/mol. The van der Waals surface area contributed by atoms with E-state index in [2.05, 4.69) is 41.1 Å². The third-order valence-electron chi connectivity index (χ3n) is 6.16. The van der Waals surface area contributed by atoms with E-state index < -0.39 is 6.04 Å². The molecule has 1 atom stereocenters. The predicted octanol–water partition coefficient (Wildman–Crippen LogP) is 4.84. The summed E-state index contributed by atoms with van der Waals surface area (Å²) in [5.41, 5.74) is 4.33. The maximum atomic E-state index is 13.8. The Morgan fingerprint density at radius 1 is 1.08 bits per heavy atom. The average molecular weight is 488 g/mol. The highest BCUT2D eigenvalue weighted by molar-refractivity contribution is 6.11. The number of nitrogens with zero attached hydrogens (tertiary/aromatic N) is 4. The number of fused-ring (bicyclic) bond motifs is 1. The fourth-order valence-corrected chi connectivity index (χ4v) is 4.53. The molecular weight excluding hydrogens is 458 g/mol. The molecule has 0 radical (unpaired) electrons. The smallest absolute Gasteiger partial charge is 0.277 e. The van der Waals surface area contributed by atoms with Gasteiger partial charge in [-0.25, -0.2) is 0 Å². The first-order chi connectivity index (χ1) is 17.3. The van der Waals surface area contributed by atoms with Gasteiger partial charge in [-0.05, 0) is 37.3 Å². The molecule has 9 nitrogen and oxygen atoms in total. The Morgan fingerprint density at radius 3 is 2.50 bits per heavy atom. The largest absolute Gasteiger partial charge is 0.491 e. The molecule has 2 aromatic carbocycles. The Morgan fingerprint density at radius 2 is 1.83 bits per heavy atom. The van der Waals surface area contributed by atoms with Crippen LogP contribution in [0.3, 0.4) is 0 Å². The van der Waals surface area contributed by atoms with Gasteiger partial charge in [-0.1, -0.05) is 44.1 Å². The lowest BCUT2D eigenvalue weighted by Gasteiger charge is -2.29. The van der Waals surface area contributed by atoms with E-state index in [0.717, 1.165) is 28.1 Å². The summed E-state index contributed by atoms with van der Waals surface area (Å²) in [5, 5.41) is 11.4. The number of carbonyl (C=O) groups is 1. The maximum Gasteiger partial charge on any atom is 0.277 e. The number of aromatic nitrogens is 4. The zero-order valence-electron chi connectivity index (χ0n) is 21.0. The van der Waals surface area contributed by atoms with Crippen LogP contribution in [0.15, 0.2) is 53.1 Å². The van der Waals surface area contributed by atoms with Crippen LogP contribution in [0.4, 0.5) is 5.69 Å². The average Bonchev–Trinajstić information content (AvgIpc) is 3.55. The number of nitrogens with one attached hydrogen (secondary N) is 1. The van der Waals surface area contributed by atoms with Gasteiger partial charge in [0.15, 0.2) is 5.82 Å². The van der Waals surface area contributed by atoms with E-state index in [1.165, 1.54) is 0 Å². The summed E-state index contributed by atoms with van der Waals surface area (Å²) in [7, 11) is 1.64. The molecular formula is C27H29N5O4. The fourth-order valence-electron chi connectivity index (χ4n) is 4.53. The maximum absolute atomic E-state index is 13.8. The molecule has 36 heavy (non-hydrogen) atoms. The lowest BCUT2D eigenvalue weighted by atomic mass is 9.85. The minimum absolute atomic E-state index is 0.147. The van der Waals surface area contributed by atoms with Crippen molar-refractivity contribution in [3.05, 3.63) is 76.9 Å². The number of aryl methyl sites for hydroxylation is 1. The first-order valence-electron chi connectivity index (χ1n) is 11.8. The summed E-state index contributed by atoms with van der Waals surface area (Å²) in [6.45, 7) is 8.91. The highest BCUT2D eigenvalue weighted by Crippen LogP contribution is 2.47. The van der Waals surface area contributed by atoms with Gasteiger partial charge in [-0.15, -0.1) is 0 Å². The van der Waals surface area contributed by atoms with Crippen LogP contribution in [0.1, 0.15) is 59.9 Å². The Balaban J connectivity index is 1.62. The minimum Gasteiger partial charge on any atom is -0.491 e. The van der Waals surface area contributed by atoms with Crippen LogP contribution in [0, 0.1) is 6.92 Å². The molecule has 3 heterocycles. The molecule has 0 spiro atoms. The van der Waals surface area contributed by atoms with E-state index in [1.807, 2.05) is 48.5 Å². The van der Waals surface area contributed by atoms with Crippen LogP contribution in [0.25, 0.3) is 11.5 Å². The lowest BCUT2D eigenvalue weighted by Crippen LogP contribution is -2.30. The minimum atomic E-state index is -0.421. The SMILES string of the molecule is COCCOc1ccccc1C1c2c(C(C)(C)C)n[nH]c2C(=O)N1c1ccc(-c2nc(C)no2)cc1. The molecule has 1 N–H and O–H groups in total. The first-order valence-corrected chi connectivity index (χ1v) is 11.8. The van der Waals surface area contributed by atoms with Gasteiger partial charge in [0.1, 0.15) is 18.1 Å². The van der Waals surface area contributed by atoms with Crippen LogP contribution >= 0.6 is 0 Å². The van der Waals surface area contributed by atoms with Gasteiger partial charge in [0.2, 0.25) is 0 Å². The van der Waals surface area contributed by atoms with Crippen LogP contribution in [0.5, 0.6) is 5.75 Å². The number of amides is 1. The molecule has 4 aromatic rings. The van der Waals surface area contributed by atoms with Gasteiger partial charge < -0.3 is 14.0 Å². The van der Waals surface area contributed by atoms with Gasteiger partial charge in [0.25, 0.3) is 11.8 Å². The van der Waals surface area contributed by atoms with Gasteiger partial charge in [-0.2, -0.15) is 10.1 Å². The van der Waals surface area contributed by atoms with Crippen molar-refractivity contribution in [3.8, 4) is 17.2 Å². The molecule has 0 bridgehead atoms. The number of methoxy groups -OCH3 is 1. The number of rotatable bonds is 7. The molecule has 0 fully saturated rings. The van der Waals surface area contributed by atoms with Gasteiger partial charge in [0, 0.05) is 34.9 Å². The second-order valence-electron chi connectivity index (χ2n) is 9.76. The lowest BCUT2D eigenvalue weighted by molar-refractivity contribution is 0.0988. The predicted molar refractivity (Wildman–Crippen MR) is 134 cm³/mol. The number of H-pyrrole nitrogens is 1. The summed E-state index contributed by atoms with van der Waals surface area (Å²) in [6.07, 6.45) is 0. The molecule has 1 unspecified atom stereocenters. The van der Waals surface area contributed by atoms with Crippen LogP contribution in [0.2, 0.25) is 0 Å². The Labute approximate surface area is 209 Å². The number of ether oxygens (including phenoxy) is 2. The standard InChI is InChI=1S/C27H29N5O4/c1-16-28-25(36-31-16)17-10-12-18(13-11-17)32-23(19-8-6-7-9-20(19)35-15-14-34-5)21-22(26(32)33)29-30-24(21)27(2,3)4/h6-13,23H,14-15H2,1-5H3,(H,29,30). The second kappa shape index (κ2) is 9.23. The molecule has 0 aliphatic carbocycles. The number of para-hydroxylation sites is 1. The van der Waals surface area contributed by atoms with Gasteiger partial charge in [-0.3, -0.25) is 14.8 Å². The van der Waals surface area contributed by atoms with Gasteiger partial charge >= 0.3 is 0 Å². The van der Waals surface area contributed by atoms with E-state index in [-0.39, 0.29) is 11.3 Å². The van der Waals surface area contributed by atoms with E-state index in [4.69, 9.17) is 14.0 Å². The third-order valence-corrected chi connectivity index (χ3v) is 6.16. The molecule has 2 aromatic heterocycles. The molecule has 1 aliphatic heterocycles. The Hall–Kier alpha value is -3.98. The van der Waals surface area contributed by atoms with E-state index >= 15 is 0 Å². The van der Waals surface area contributed by atoms with E-state index in [0.29, 0.717) is 36.4 Å². The summed E-state index contributed by atoms with van der Waals surface area (Å²) in [4.78, 5) is 19.9. The zero-order chi connectivity index (χ0) is 25.4. The zero-order valence-corrected chi connectivity index (χ0v) is 21.0.